The maximum atomic E-state index is 11.5. The summed E-state index contributed by atoms with van der Waals surface area (Å²) in [6.07, 6.45) is 1.64. The van der Waals surface area contributed by atoms with E-state index in [0.717, 1.165) is 9.99 Å². The molecule has 0 bridgehead atoms. The van der Waals surface area contributed by atoms with E-state index < -0.39 is 5.60 Å². The molecule has 20 heavy (non-hydrogen) atoms. The highest BCUT2D eigenvalue weighted by molar-refractivity contribution is 9.10. The van der Waals surface area contributed by atoms with Crippen molar-refractivity contribution in [2.45, 2.75) is 32.9 Å². The average molecular weight is 339 g/mol. The number of nitrogens with one attached hydrogen (secondary N) is 1. The van der Waals surface area contributed by atoms with Gasteiger partial charge in [-0.05, 0) is 45.0 Å². The Kier molecular flexibility index (Phi) is 4.38. The van der Waals surface area contributed by atoms with Gasteiger partial charge in [-0.25, -0.2) is 4.79 Å². The summed E-state index contributed by atoms with van der Waals surface area (Å²) in [6, 6.07) is 8.22. The molecular formula is C15H19BrN2O2. The third-order valence-corrected chi connectivity index (χ3v) is 3.25. The van der Waals surface area contributed by atoms with Gasteiger partial charge in [0.1, 0.15) is 5.60 Å². The van der Waals surface area contributed by atoms with Crippen LogP contribution in [0.5, 0.6) is 0 Å². The van der Waals surface area contributed by atoms with E-state index in [-0.39, 0.29) is 6.09 Å². The van der Waals surface area contributed by atoms with Crippen molar-refractivity contribution in [3.8, 4) is 0 Å². The van der Waals surface area contributed by atoms with Crippen molar-refractivity contribution in [1.29, 1.82) is 0 Å². The molecule has 0 aliphatic heterocycles. The van der Waals surface area contributed by atoms with Gasteiger partial charge in [-0.2, -0.15) is 0 Å². The fraction of sp³-hybridized carbons (Fsp3) is 0.400. The Morgan fingerprint density at radius 1 is 1.35 bits per heavy atom. The van der Waals surface area contributed by atoms with Gasteiger partial charge in [0.15, 0.2) is 0 Å². The molecule has 0 radical (unpaired) electrons. The van der Waals surface area contributed by atoms with Crippen molar-refractivity contribution in [2.24, 2.45) is 0 Å². The number of nitrogens with zero attached hydrogens (tertiary/aromatic N) is 1. The summed E-state index contributed by atoms with van der Waals surface area (Å²) in [5.74, 6) is 0. The lowest BCUT2D eigenvalue weighted by atomic mass is 10.2. The third-order valence-electron chi connectivity index (χ3n) is 2.75. The first-order valence-electron chi connectivity index (χ1n) is 6.56. The predicted molar refractivity (Wildman–Crippen MR) is 83.9 cm³/mol. The highest BCUT2D eigenvalue weighted by Gasteiger charge is 2.15. The van der Waals surface area contributed by atoms with E-state index in [2.05, 4.69) is 44.0 Å². The van der Waals surface area contributed by atoms with Crippen molar-refractivity contribution in [1.82, 2.24) is 9.88 Å². The summed E-state index contributed by atoms with van der Waals surface area (Å²) in [6.45, 7) is 6.80. The molecule has 1 aromatic heterocycles. The number of amides is 1. The number of hydrogen-bond donors (Lipinski definition) is 1. The van der Waals surface area contributed by atoms with Crippen LogP contribution in [0.3, 0.4) is 0 Å². The second-order valence-corrected chi connectivity index (χ2v) is 6.56. The van der Waals surface area contributed by atoms with E-state index in [1.54, 1.807) is 0 Å². The molecular weight excluding hydrogens is 320 g/mol. The van der Waals surface area contributed by atoms with Crippen LogP contribution in [-0.2, 0) is 11.3 Å². The predicted octanol–water partition coefficient (Wildman–Crippen LogP) is 3.93. The lowest BCUT2D eigenvalue weighted by molar-refractivity contribution is 0.0526. The average Bonchev–Trinajstić information content (AvgIpc) is 2.69. The maximum Gasteiger partial charge on any atom is 0.407 e. The zero-order valence-electron chi connectivity index (χ0n) is 11.9. The SMILES string of the molecule is CC(C)(C)OC(=O)NCCn1ccc2cc(Br)ccc21. The molecule has 1 heterocycles. The second kappa shape index (κ2) is 5.87. The first kappa shape index (κ1) is 14.9. The van der Waals surface area contributed by atoms with Gasteiger partial charge in [0.05, 0.1) is 0 Å². The molecule has 1 aromatic carbocycles. The van der Waals surface area contributed by atoms with Gasteiger partial charge in [0.25, 0.3) is 0 Å². The summed E-state index contributed by atoms with van der Waals surface area (Å²) >= 11 is 3.46. The van der Waals surface area contributed by atoms with E-state index in [9.17, 15) is 4.79 Å². The van der Waals surface area contributed by atoms with E-state index in [1.807, 2.05) is 33.0 Å². The Balaban J connectivity index is 1.92. The molecule has 5 heteroatoms. The lowest BCUT2D eigenvalue weighted by Gasteiger charge is -2.19. The van der Waals surface area contributed by atoms with Crippen LogP contribution in [-0.4, -0.2) is 22.8 Å². The van der Waals surface area contributed by atoms with Gasteiger partial charge in [-0.3, -0.25) is 0 Å². The van der Waals surface area contributed by atoms with E-state index >= 15 is 0 Å². The standard InChI is InChI=1S/C15H19BrN2O2/c1-15(2,3)20-14(19)17-7-9-18-8-6-11-10-12(16)4-5-13(11)18/h4-6,8,10H,7,9H2,1-3H3,(H,17,19). The Morgan fingerprint density at radius 3 is 2.80 bits per heavy atom. The van der Waals surface area contributed by atoms with Crippen LogP contribution < -0.4 is 5.32 Å². The minimum atomic E-state index is -0.462. The first-order chi connectivity index (χ1) is 9.35. The number of rotatable bonds is 3. The molecule has 0 atom stereocenters. The molecule has 0 spiro atoms. The first-order valence-corrected chi connectivity index (χ1v) is 7.36. The number of alkyl carbamates (subject to hydrolysis) is 1. The van der Waals surface area contributed by atoms with Crippen LogP contribution in [0.2, 0.25) is 0 Å². The molecule has 0 unspecified atom stereocenters. The fourth-order valence-corrected chi connectivity index (χ4v) is 2.34. The fourth-order valence-electron chi connectivity index (χ4n) is 1.96. The second-order valence-electron chi connectivity index (χ2n) is 5.64. The largest absolute Gasteiger partial charge is 0.444 e. The number of carbonyl (C=O) groups is 1. The lowest BCUT2D eigenvalue weighted by Crippen LogP contribution is -2.34. The highest BCUT2D eigenvalue weighted by Crippen LogP contribution is 2.20. The monoisotopic (exact) mass is 338 g/mol. The summed E-state index contributed by atoms with van der Waals surface area (Å²) in [7, 11) is 0. The van der Waals surface area contributed by atoms with Crippen LogP contribution in [0.15, 0.2) is 34.9 Å². The molecule has 1 N–H and O–H groups in total. The Hall–Kier alpha value is -1.49. The number of halogens is 1. The van der Waals surface area contributed by atoms with E-state index in [0.29, 0.717) is 13.1 Å². The van der Waals surface area contributed by atoms with Gasteiger partial charge < -0.3 is 14.6 Å². The molecule has 0 saturated heterocycles. The van der Waals surface area contributed by atoms with Gasteiger partial charge in [0, 0.05) is 34.7 Å². The smallest absolute Gasteiger partial charge is 0.407 e. The molecule has 0 fully saturated rings. The van der Waals surface area contributed by atoms with Crippen LogP contribution >= 0.6 is 15.9 Å². The summed E-state index contributed by atoms with van der Waals surface area (Å²) in [4.78, 5) is 11.5. The van der Waals surface area contributed by atoms with E-state index in [4.69, 9.17) is 4.74 Å². The topological polar surface area (TPSA) is 43.3 Å². The number of ether oxygens (including phenoxy) is 1. The van der Waals surface area contributed by atoms with Gasteiger partial charge in [-0.15, -0.1) is 0 Å². The summed E-state index contributed by atoms with van der Waals surface area (Å²) in [5.41, 5.74) is 0.690. The molecule has 0 saturated carbocycles. The zero-order chi connectivity index (χ0) is 14.8. The Morgan fingerprint density at radius 2 is 2.10 bits per heavy atom. The van der Waals surface area contributed by atoms with Crippen molar-refractivity contribution >= 4 is 32.9 Å². The minimum Gasteiger partial charge on any atom is -0.444 e. The van der Waals surface area contributed by atoms with E-state index in [1.165, 1.54) is 5.39 Å². The highest BCUT2D eigenvalue weighted by atomic mass is 79.9. The molecule has 4 nitrogen and oxygen atoms in total. The Bertz CT molecular complexity index is 614. The van der Waals surface area contributed by atoms with Crippen LogP contribution in [0, 0.1) is 0 Å². The van der Waals surface area contributed by atoms with Gasteiger partial charge in [0.2, 0.25) is 0 Å². The normalized spacial score (nSPS) is 11.6. The van der Waals surface area contributed by atoms with Crippen molar-refractivity contribution in [3.05, 3.63) is 34.9 Å². The molecule has 2 rings (SSSR count). The third kappa shape index (κ3) is 4.00. The number of hydrogen-bond acceptors (Lipinski definition) is 2. The molecule has 108 valence electrons. The van der Waals surface area contributed by atoms with Crippen molar-refractivity contribution < 1.29 is 9.53 Å². The summed E-state index contributed by atoms with van der Waals surface area (Å²) < 4.78 is 8.37. The van der Waals surface area contributed by atoms with Crippen LogP contribution in [0.1, 0.15) is 20.8 Å². The van der Waals surface area contributed by atoms with Crippen LogP contribution in [0.4, 0.5) is 4.79 Å². The number of benzene rings is 1. The van der Waals surface area contributed by atoms with Gasteiger partial charge >= 0.3 is 6.09 Å². The Labute approximate surface area is 127 Å². The number of carbonyl (C=O) groups excluding carboxylic acids is 1. The molecule has 0 aliphatic rings. The zero-order valence-corrected chi connectivity index (χ0v) is 13.5. The maximum absolute atomic E-state index is 11.5. The quantitative estimate of drug-likeness (QED) is 0.921. The number of fused-ring (bicyclic) bond motifs is 1. The molecule has 1 amide bonds. The minimum absolute atomic E-state index is 0.378. The molecule has 0 aliphatic carbocycles. The van der Waals surface area contributed by atoms with Crippen LogP contribution in [0.25, 0.3) is 10.9 Å². The van der Waals surface area contributed by atoms with Crippen molar-refractivity contribution in [3.63, 3.8) is 0 Å². The molecule has 2 aromatic rings. The van der Waals surface area contributed by atoms with Gasteiger partial charge in [-0.1, -0.05) is 15.9 Å². The van der Waals surface area contributed by atoms with Crippen molar-refractivity contribution in [2.75, 3.05) is 6.54 Å². The summed E-state index contributed by atoms with van der Waals surface area (Å²) in [5, 5.41) is 3.94. The number of aromatic nitrogens is 1.